The zero-order valence-corrected chi connectivity index (χ0v) is 17.4. The van der Waals surface area contributed by atoms with Crippen LogP contribution in [0, 0.1) is 25.5 Å². The van der Waals surface area contributed by atoms with Crippen LogP contribution in [-0.4, -0.2) is 53.7 Å². The van der Waals surface area contributed by atoms with E-state index < -0.39 is 26.6 Å². The van der Waals surface area contributed by atoms with Crippen LogP contribution >= 0.6 is 0 Å². The molecule has 0 saturated carbocycles. The van der Waals surface area contributed by atoms with E-state index in [0.717, 1.165) is 39.6 Å². The van der Waals surface area contributed by atoms with Gasteiger partial charge in [-0.2, -0.15) is 9.40 Å². The van der Waals surface area contributed by atoms with Crippen LogP contribution in [0.1, 0.15) is 11.4 Å². The van der Waals surface area contributed by atoms with Crippen LogP contribution in [0.5, 0.6) is 0 Å². The molecule has 0 aliphatic carbocycles. The van der Waals surface area contributed by atoms with Gasteiger partial charge in [0, 0.05) is 32.4 Å². The number of aromatic nitrogens is 3. The van der Waals surface area contributed by atoms with Gasteiger partial charge in [0.2, 0.25) is 10.0 Å². The maximum atomic E-state index is 14.0. The number of hydrogen-bond donors (Lipinski definition) is 0. The Morgan fingerprint density at radius 2 is 1.60 bits per heavy atom. The van der Waals surface area contributed by atoms with Gasteiger partial charge in [-0.15, -0.1) is 0 Å². The molecule has 0 N–H and O–H groups in total. The minimum atomic E-state index is -4.26. The molecule has 30 heavy (non-hydrogen) atoms. The molecule has 1 aromatic carbocycles. The monoisotopic (exact) mass is 433 g/mol. The number of nitrogens with zero attached hydrogens (tertiary/aromatic N) is 5. The first kappa shape index (κ1) is 20.4. The Balaban J connectivity index is 1.57. The minimum Gasteiger partial charge on any atom is -0.366 e. The second-order valence-electron chi connectivity index (χ2n) is 7.06. The standard InChI is InChI=1S/C20H21F2N5O2S/c1-14-19(15(2)27(24-14)18-8-3-4-9-23-18)25-10-12-26(13-11-25)30(28,29)20-16(21)6-5-7-17(20)22/h3-9H,10-13H2,1-2H3. The van der Waals surface area contributed by atoms with Gasteiger partial charge in [0.25, 0.3) is 0 Å². The number of rotatable bonds is 4. The van der Waals surface area contributed by atoms with Crippen LogP contribution in [0.15, 0.2) is 47.5 Å². The Labute approximate surface area is 173 Å². The van der Waals surface area contributed by atoms with E-state index in [9.17, 15) is 17.2 Å². The molecular weight excluding hydrogens is 412 g/mol. The summed E-state index contributed by atoms with van der Waals surface area (Å²) in [5.41, 5.74) is 2.60. The van der Waals surface area contributed by atoms with Crippen LogP contribution in [0.4, 0.5) is 14.5 Å². The van der Waals surface area contributed by atoms with E-state index in [4.69, 9.17) is 0 Å². The number of anilines is 1. The maximum absolute atomic E-state index is 14.0. The lowest BCUT2D eigenvalue weighted by Crippen LogP contribution is -2.49. The molecule has 0 atom stereocenters. The van der Waals surface area contributed by atoms with Gasteiger partial charge in [-0.05, 0) is 38.1 Å². The van der Waals surface area contributed by atoms with E-state index in [1.165, 1.54) is 0 Å². The Morgan fingerprint density at radius 1 is 0.933 bits per heavy atom. The van der Waals surface area contributed by atoms with Gasteiger partial charge in [-0.25, -0.2) is 26.9 Å². The lowest BCUT2D eigenvalue weighted by Gasteiger charge is -2.35. The smallest absolute Gasteiger partial charge is 0.249 e. The summed E-state index contributed by atoms with van der Waals surface area (Å²) in [5, 5.41) is 4.58. The van der Waals surface area contributed by atoms with Crippen molar-refractivity contribution in [3.63, 3.8) is 0 Å². The third-order valence-corrected chi connectivity index (χ3v) is 7.14. The number of benzene rings is 1. The largest absolute Gasteiger partial charge is 0.366 e. The quantitative estimate of drug-likeness (QED) is 0.633. The van der Waals surface area contributed by atoms with Crippen molar-refractivity contribution in [1.82, 2.24) is 19.1 Å². The summed E-state index contributed by atoms with van der Waals surface area (Å²) >= 11 is 0. The molecule has 10 heteroatoms. The molecule has 0 unspecified atom stereocenters. The van der Waals surface area contributed by atoms with Crippen molar-refractivity contribution in [1.29, 1.82) is 0 Å². The van der Waals surface area contributed by atoms with Crippen LogP contribution in [0.3, 0.4) is 0 Å². The van der Waals surface area contributed by atoms with Gasteiger partial charge in [0.05, 0.1) is 17.1 Å². The SMILES string of the molecule is Cc1nn(-c2ccccn2)c(C)c1N1CCN(S(=O)(=O)c2c(F)cccc2F)CC1. The molecular formula is C20H21F2N5O2S. The van der Waals surface area contributed by atoms with E-state index in [1.54, 1.807) is 10.9 Å². The van der Waals surface area contributed by atoms with Crippen LogP contribution in [0.2, 0.25) is 0 Å². The van der Waals surface area contributed by atoms with Gasteiger partial charge in [0.15, 0.2) is 10.7 Å². The molecule has 0 bridgehead atoms. The van der Waals surface area contributed by atoms with Gasteiger partial charge in [0.1, 0.15) is 11.6 Å². The summed E-state index contributed by atoms with van der Waals surface area (Å²) in [7, 11) is -4.26. The van der Waals surface area contributed by atoms with Crippen molar-refractivity contribution < 1.29 is 17.2 Å². The average molecular weight is 433 g/mol. The second-order valence-corrected chi connectivity index (χ2v) is 8.94. The molecule has 1 aliphatic heterocycles. The lowest BCUT2D eigenvalue weighted by atomic mass is 10.2. The Morgan fingerprint density at radius 3 is 2.20 bits per heavy atom. The predicted octanol–water partition coefficient (Wildman–Crippen LogP) is 2.67. The van der Waals surface area contributed by atoms with Crippen LogP contribution in [-0.2, 0) is 10.0 Å². The molecule has 3 heterocycles. The fourth-order valence-electron chi connectivity index (χ4n) is 3.80. The first-order chi connectivity index (χ1) is 14.3. The molecule has 1 aliphatic rings. The molecule has 1 fully saturated rings. The van der Waals surface area contributed by atoms with Gasteiger partial charge >= 0.3 is 0 Å². The molecule has 0 amide bonds. The second kappa shape index (κ2) is 7.77. The van der Waals surface area contributed by atoms with Crippen molar-refractivity contribution >= 4 is 15.7 Å². The first-order valence-corrected chi connectivity index (χ1v) is 10.9. The van der Waals surface area contributed by atoms with Crippen molar-refractivity contribution in [2.75, 3.05) is 31.1 Å². The number of halogens is 2. The van der Waals surface area contributed by atoms with Crippen molar-refractivity contribution in [2.24, 2.45) is 0 Å². The van der Waals surface area contributed by atoms with Crippen molar-refractivity contribution in [3.8, 4) is 5.82 Å². The lowest BCUT2D eigenvalue weighted by molar-refractivity contribution is 0.378. The highest BCUT2D eigenvalue weighted by Gasteiger charge is 2.34. The molecule has 0 radical (unpaired) electrons. The number of piperazine rings is 1. The highest BCUT2D eigenvalue weighted by molar-refractivity contribution is 7.89. The van der Waals surface area contributed by atoms with E-state index in [1.807, 2.05) is 36.9 Å². The van der Waals surface area contributed by atoms with E-state index in [0.29, 0.717) is 18.9 Å². The van der Waals surface area contributed by atoms with E-state index in [2.05, 4.69) is 10.1 Å². The Bertz CT molecular complexity index is 1150. The molecule has 3 aromatic rings. The third-order valence-electron chi connectivity index (χ3n) is 5.19. The number of hydrogen-bond acceptors (Lipinski definition) is 5. The highest BCUT2D eigenvalue weighted by Crippen LogP contribution is 2.29. The number of pyridine rings is 1. The summed E-state index contributed by atoms with van der Waals surface area (Å²) in [6.45, 7) is 4.81. The summed E-state index contributed by atoms with van der Waals surface area (Å²) in [5.74, 6) is -1.47. The Hall–Kier alpha value is -2.85. The van der Waals surface area contributed by atoms with Gasteiger partial charge in [-0.3, -0.25) is 0 Å². The number of aryl methyl sites for hydroxylation is 1. The molecule has 4 rings (SSSR count). The normalized spacial score (nSPS) is 15.5. The van der Waals surface area contributed by atoms with Crippen LogP contribution < -0.4 is 4.90 Å². The summed E-state index contributed by atoms with van der Waals surface area (Å²) < 4.78 is 56.6. The summed E-state index contributed by atoms with van der Waals surface area (Å²) in [6, 6.07) is 8.61. The zero-order valence-electron chi connectivity index (χ0n) is 16.6. The molecule has 0 spiro atoms. The fourth-order valence-corrected chi connectivity index (χ4v) is 5.34. The fraction of sp³-hybridized carbons (Fsp3) is 0.300. The van der Waals surface area contributed by atoms with Crippen molar-refractivity contribution in [2.45, 2.75) is 18.7 Å². The first-order valence-electron chi connectivity index (χ1n) is 9.47. The van der Waals surface area contributed by atoms with Crippen molar-refractivity contribution in [3.05, 3.63) is 65.6 Å². The summed E-state index contributed by atoms with van der Waals surface area (Å²) in [4.78, 5) is 5.48. The Kier molecular flexibility index (Phi) is 5.29. The minimum absolute atomic E-state index is 0.115. The van der Waals surface area contributed by atoms with E-state index in [-0.39, 0.29) is 13.1 Å². The maximum Gasteiger partial charge on any atom is 0.249 e. The van der Waals surface area contributed by atoms with Gasteiger partial charge < -0.3 is 4.90 Å². The highest BCUT2D eigenvalue weighted by atomic mass is 32.2. The van der Waals surface area contributed by atoms with Crippen LogP contribution in [0.25, 0.3) is 5.82 Å². The topological polar surface area (TPSA) is 71.3 Å². The zero-order chi connectivity index (χ0) is 21.5. The summed E-state index contributed by atoms with van der Waals surface area (Å²) in [6.07, 6.45) is 1.69. The van der Waals surface area contributed by atoms with Gasteiger partial charge in [-0.1, -0.05) is 12.1 Å². The predicted molar refractivity (Wildman–Crippen MR) is 108 cm³/mol. The molecule has 158 valence electrons. The molecule has 7 nitrogen and oxygen atoms in total. The van der Waals surface area contributed by atoms with E-state index >= 15 is 0 Å². The third kappa shape index (κ3) is 3.46. The molecule has 1 saturated heterocycles. The number of sulfonamides is 1. The average Bonchev–Trinajstić information content (AvgIpc) is 3.02. The molecule has 2 aromatic heterocycles.